The van der Waals surface area contributed by atoms with Crippen molar-refractivity contribution in [2.45, 2.75) is 64.7 Å². The van der Waals surface area contributed by atoms with Crippen molar-refractivity contribution in [1.82, 2.24) is 0 Å². The third kappa shape index (κ3) is 6.37. The van der Waals surface area contributed by atoms with E-state index < -0.39 is 6.36 Å². The number of benzene rings is 3. The minimum Gasteiger partial charge on any atom is -0.405 e. The maximum Gasteiger partial charge on any atom is 0.573 e. The number of alkyl halides is 3. The minimum absolute atomic E-state index is 0.106. The van der Waals surface area contributed by atoms with E-state index in [0.717, 1.165) is 5.56 Å². The molecule has 0 aliphatic carbocycles. The molecule has 2 unspecified atom stereocenters. The van der Waals surface area contributed by atoms with Crippen molar-refractivity contribution in [2.24, 2.45) is 0 Å². The van der Waals surface area contributed by atoms with Gasteiger partial charge in [0.1, 0.15) is 17.4 Å². The van der Waals surface area contributed by atoms with Crippen molar-refractivity contribution in [3.63, 3.8) is 0 Å². The molecule has 0 saturated heterocycles. The van der Waals surface area contributed by atoms with Crippen LogP contribution >= 0.6 is 0 Å². The highest BCUT2D eigenvalue weighted by Gasteiger charge is 2.34. The molecule has 0 aliphatic rings. The molecular formula is C28H29F5O. The van der Waals surface area contributed by atoms with Crippen LogP contribution in [0, 0.1) is 11.6 Å². The van der Waals surface area contributed by atoms with Gasteiger partial charge in [-0.2, -0.15) is 0 Å². The first-order chi connectivity index (χ1) is 16.0. The predicted molar refractivity (Wildman–Crippen MR) is 124 cm³/mol. The van der Waals surface area contributed by atoms with Gasteiger partial charge in [0.15, 0.2) is 0 Å². The average molecular weight is 477 g/mol. The lowest BCUT2D eigenvalue weighted by Gasteiger charge is -2.22. The van der Waals surface area contributed by atoms with Crippen LogP contribution < -0.4 is 4.74 Å². The molecule has 182 valence electrons. The molecule has 3 aromatic rings. The molecule has 0 saturated carbocycles. The quantitative estimate of drug-likeness (QED) is 0.296. The number of halogens is 5. The fourth-order valence-corrected chi connectivity index (χ4v) is 4.30. The van der Waals surface area contributed by atoms with Crippen molar-refractivity contribution < 1.29 is 26.7 Å². The Bertz CT molecular complexity index is 1120. The zero-order chi connectivity index (χ0) is 25.0. The van der Waals surface area contributed by atoms with E-state index in [1.54, 1.807) is 63.2 Å². The monoisotopic (exact) mass is 476 g/mol. The van der Waals surface area contributed by atoms with Crippen molar-refractivity contribution >= 4 is 0 Å². The molecule has 0 aliphatic heterocycles. The molecule has 0 aromatic heterocycles. The molecule has 0 bridgehead atoms. The lowest BCUT2D eigenvalue weighted by atomic mass is 9.87. The van der Waals surface area contributed by atoms with E-state index in [2.05, 4.69) is 4.74 Å². The number of rotatable bonds is 8. The largest absolute Gasteiger partial charge is 0.573 e. The lowest BCUT2D eigenvalue weighted by Crippen LogP contribution is -2.20. The Hall–Kier alpha value is -2.89. The molecule has 0 radical (unpaired) electrons. The molecule has 6 heteroatoms. The SMILES string of the molecule is CC(C)c1cccc(CC(C)c2cccc(CC(C)c3cccc(F)c3)c2F)c1OC(F)(F)F. The fourth-order valence-electron chi connectivity index (χ4n) is 4.30. The number of para-hydroxylation sites is 1. The maximum atomic E-state index is 15.5. The Morgan fingerprint density at radius 3 is 1.94 bits per heavy atom. The third-order valence-corrected chi connectivity index (χ3v) is 6.08. The van der Waals surface area contributed by atoms with E-state index in [9.17, 15) is 17.6 Å². The first kappa shape index (κ1) is 25.7. The molecule has 3 aromatic carbocycles. The van der Waals surface area contributed by atoms with Gasteiger partial charge >= 0.3 is 6.36 Å². The van der Waals surface area contributed by atoms with Crippen LogP contribution in [-0.2, 0) is 12.8 Å². The summed E-state index contributed by atoms with van der Waals surface area (Å²) >= 11 is 0. The van der Waals surface area contributed by atoms with Crippen LogP contribution in [0.4, 0.5) is 22.0 Å². The molecule has 0 fully saturated rings. The van der Waals surface area contributed by atoms with E-state index in [-0.39, 0.29) is 41.6 Å². The number of hydrogen-bond acceptors (Lipinski definition) is 1. The highest BCUT2D eigenvalue weighted by atomic mass is 19.4. The van der Waals surface area contributed by atoms with Crippen LogP contribution in [-0.4, -0.2) is 6.36 Å². The van der Waals surface area contributed by atoms with Gasteiger partial charge in [0.2, 0.25) is 0 Å². The summed E-state index contributed by atoms with van der Waals surface area (Å²) in [6.07, 6.45) is -4.26. The molecule has 0 N–H and O–H groups in total. The Labute approximate surface area is 197 Å². The Morgan fingerprint density at radius 2 is 1.32 bits per heavy atom. The van der Waals surface area contributed by atoms with E-state index in [1.807, 2.05) is 13.0 Å². The average Bonchev–Trinajstić information content (AvgIpc) is 2.75. The maximum absolute atomic E-state index is 15.5. The van der Waals surface area contributed by atoms with Gasteiger partial charge in [0, 0.05) is 0 Å². The van der Waals surface area contributed by atoms with E-state index >= 15 is 4.39 Å². The van der Waals surface area contributed by atoms with E-state index in [4.69, 9.17) is 0 Å². The number of hydrogen-bond donors (Lipinski definition) is 0. The molecule has 34 heavy (non-hydrogen) atoms. The van der Waals surface area contributed by atoms with Crippen LogP contribution in [0.25, 0.3) is 0 Å². The van der Waals surface area contributed by atoms with Gasteiger partial charge in [0.05, 0.1) is 0 Å². The Kier molecular flexibility index (Phi) is 8.01. The first-order valence-electron chi connectivity index (χ1n) is 11.4. The second-order valence-electron chi connectivity index (χ2n) is 9.12. The van der Waals surface area contributed by atoms with E-state index in [0.29, 0.717) is 28.7 Å². The molecule has 0 spiro atoms. The topological polar surface area (TPSA) is 9.23 Å². The second kappa shape index (κ2) is 10.6. The van der Waals surface area contributed by atoms with Crippen molar-refractivity contribution in [3.05, 3.63) is 100 Å². The summed E-state index contributed by atoms with van der Waals surface area (Å²) in [6, 6.07) is 16.3. The molecule has 0 heterocycles. The summed E-state index contributed by atoms with van der Waals surface area (Å²) in [5, 5.41) is 0. The van der Waals surface area contributed by atoms with Crippen LogP contribution in [0.15, 0.2) is 60.7 Å². The Balaban J connectivity index is 1.87. The highest BCUT2D eigenvalue weighted by molar-refractivity contribution is 5.45. The zero-order valence-corrected chi connectivity index (χ0v) is 19.7. The second-order valence-corrected chi connectivity index (χ2v) is 9.12. The van der Waals surface area contributed by atoms with Gasteiger partial charge in [-0.05, 0) is 70.5 Å². The summed E-state index contributed by atoms with van der Waals surface area (Å²) in [4.78, 5) is 0. The Morgan fingerprint density at radius 1 is 0.735 bits per heavy atom. The normalized spacial score (nSPS) is 13.7. The van der Waals surface area contributed by atoms with Crippen molar-refractivity contribution in [2.75, 3.05) is 0 Å². The number of ether oxygens (including phenoxy) is 1. The fraction of sp³-hybridized carbons (Fsp3) is 0.357. The third-order valence-electron chi connectivity index (χ3n) is 6.08. The summed E-state index contributed by atoms with van der Waals surface area (Å²) in [6.45, 7) is 7.30. The van der Waals surface area contributed by atoms with Crippen molar-refractivity contribution in [3.8, 4) is 5.75 Å². The first-order valence-corrected chi connectivity index (χ1v) is 11.4. The van der Waals surface area contributed by atoms with Gasteiger partial charge in [-0.3, -0.25) is 0 Å². The van der Waals surface area contributed by atoms with Gasteiger partial charge in [-0.15, -0.1) is 13.2 Å². The predicted octanol–water partition coefficient (Wildman–Crippen LogP) is 8.68. The van der Waals surface area contributed by atoms with Crippen molar-refractivity contribution in [1.29, 1.82) is 0 Å². The van der Waals surface area contributed by atoms with Crippen LogP contribution in [0.3, 0.4) is 0 Å². The van der Waals surface area contributed by atoms with E-state index in [1.165, 1.54) is 12.1 Å². The lowest BCUT2D eigenvalue weighted by molar-refractivity contribution is -0.275. The summed E-state index contributed by atoms with van der Waals surface area (Å²) in [5.41, 5.74) is 2.53. The molecule has 2 atom stereocenters. The standard InChI is InChI=1S/C28H29F5O/c1-17(2)24-12-7-10-22(27(24)34-28(31,32)33)15-19(4)25-13-6-9-21(26(25)30)14-18(3)20-8-5-11-23(29)16-20/h5-13,16-19H,14-15H2,1-4H3. The zero-order valence-electron chi connectivity index (χ0n) is 19.7. The smallest absolute Gasteiger partial charge is 0.405 e. The van der Waals surface area contributed by atoms with Gasteiger partial charge < -0.3 is 4.74 Å². The highest BCUT2D eigenvalue weighted by Crippen LogP contribution is 2.37. The molecule has 3 rings (SSSR count). The van der Waals surface area contributed by atoms with Crippen LogP contribution in [0.5, 0.6) is 5.75 Å². The molecule has 0 amide bonds. The van der Waals surface area contributed by atoms with Gasteiger partial charge in [-0.1, -0.05) is 76.2 Å². The van der Waals surface area contributed by atoms with Gasteiger partial charge in [0.25, 0.3) is 0 Å². The summed E-state index contributed by atoms with van der Waals surface area (Å²) in [5.74, 6) is -1.58. The minimum atomic E-state index is -4.82. The van der Waals surface area contributed by atoms with Crippen LogP contribution in [0.2, 0.25) is 0 Å². The summed E-state index contributed by atoms with van der Waals surface area (Å²) < 4.78 is 72.8. The summed E-state index contributed by atoms with van der Waals surface area (Å²) in [7, 11) is 0. The van der Waals surface area contributed by atoms with Crippen LogP contribution in [0.1, 0.15) is 73.3 Å². The van der Waals surface area contributed by atoms with Gasteiger partial charge in [-0.25, -0.2) is 8.78 Å². The molecular weight excluding hydrogens is 447 g/mol. The molecule has 1 nitrogen and oxygen atoms in total.